The van der Waals surface area contributed by atoms with Crippen LogP contribution in [0.15, 0.2) is 0 Å². The summed E-state index contributed by atoms with van der Waals surface area (Å²) in [5.41, 5.74) is 5.92. The van der Waals surface area contributed by atoms with Gasteiger partial charge in [-0.05, 0) is 37.3 Å². The SMILES string of the molecule is CC(C)CN(C(=O)CN1CCC(C)(CN)C1)C1CCS(=O)(=O)C1.Cl. The predicted molar refractivity (Wildman–Crippen MR) is 99.1 cm³/mol. The van der Waals surface area contributed by atoms with Gasteiger partial charge in [0.05, 0.1) is 18.1 Å². The van der Waals surface area contributed by atoms with Crippen LogP contribution in [-0.2, 0) is 14.6 Å². The maximum Gasteiger partial charge on any atom is 0.237 e. The van der Waals surface area contributed by atoms with E-state index in [-0.39, 0.29) is 41.3 Å². The third-order valence-corrected chi connectivity index (χ3v) is 6.77. The van der Waals surface area contributed by atoms with Crippen molar-refractivity contribution in [3.63, 3.8) is 0 Å². The number of amides is 1. The molecule has 6 nitrogen and oxygen atoms in total. The maximum atomic E-state index is 12.8. The fourth-order valence-electron chi connectivity index (χ4n) is 3.58. The summed E-state index contributed by atoms with van der Waals surface area (Å²) in [4.78, 5) is 16.8. The van der Waals surface area contributed by atoms with Gasteiger partial charge in [0.25, 0.3) is 0 Å². The largest absolute Gasteiger partial charge is 0.337 e. The van der Waals surface area contributed by atoms with Crippen LogP contribution in [0.4, 0.5) is 0 Å². The van der Waals surface area contributed by atoms with E-state index < -0.39 is 9.84 Å². The Bertz CT molecular complexity index is 541. The van der Waals surface area contributed by atoms with Crippen molar-refractivity contribution >= 4 is 28.2 Å². The molecule has 2 rings (SSSR count). The molecule has 2 aliphatic heterocycles. The summed E-state index contributed by atoms with van der Waals surface area (Å²) < 4.78 is 23.5. The van der Waals surface area contributed by atoms with E-state index in [1.54, 1.807) is 0 Å². The van der Waals surface area contributed by atoms with E-state index in [0.29, 0.717) is 32.0 Å². The van der Waals surface area contributed by atoms with Crippen molar-refractivity contribution < 1.29 is 13.2 Å². The van der Waals surface area contributed by atoms with Crippen LogP contribution >= 0.6 is 12.4 Å². The molecule has 0 radical (unpaired) electrons. The lowest BCUT2D eigenvalue weighted by Crippen LogP contribution is -2.47. The second-order valence-corrected chi connectivity index (χ2v) is 10.2. The molecule has 2 heterocycles. The van der Waals surface area contributed by atoms with Crippen LogP contribution in [0.1, 0.15) is 33.6 Å². The highest BCUT2D eigenvalue weighted by atomic mass is 35.5. The van der Waals surface area contributed by atoms with E-state index in [4.69, 9.17) is 5.73 Å². The lowest BCUT2D eigenvalue weighted by molar-refractivity contribution is -0.134. The number of likely N-dealkylation sites (tertiary alicyclic amines) is 1. The van der Waals surface area contributed by atoms with Gasteiger partial charge in [-0.15, -0.1) is 12.4 Å². The van der Waals surface area contributed by atoms with Gasteiger partial charge in [-0.1, -0.05) is 20.8 Å². The van der Waals surface area contributed by atoms with Crippen molar-refractivity contribution in [2.75, 3.05) is 44.2 Å². The summed E-state index contributed by atoms with van der Waals surface area (Å²) in [6.07, 6.45) is 1.58. The van der Waals surface area contributed by atoms with Crippen molar-refractivity contribution in [3.05, 3.63) is 0 Å². The number of sulfone groups is 1. The van der Waals surface area contributed by atoms with Crippen molar-refractivity contribution in [2.24, 2.45) is 17.1 Å². The number of rotatable bonds is 6. The van der Waals surface area contributed by atoms with Gasteiger partial charge in [-0.25, -0.2) is 8.42 Å². The third kappa shape index (κ3) is 5.58. The lowest BCUT2D eigenvalue weighted by Gasteiger charge is -2.32. The lowest BCUT2D eigenvalue weighted by atomic mass is 9.90. The summed E-state index contributed by atoms with van der Waals surface area (Å²) in [6, 6.07) is -0.154. The molecular weight excluding hydrogens is 350 g/mol. The van der Waals surface area contributed by atoms with Crippen LogP contribution < -0.4 is 5.73 Å². The van der Waals surface area contributed by atoms with E-state index >= 15 is 0 Å². The Kier molecular flexibility index (Phi) is 7.53. The number of carbonyl (C=O) groups excluding carboxylic acids is 1. The van der Waals surface area contributed by atoms with Crippen LogP contribution in [-0.4, -0.2) is 74.4 Å². The molecule has 0 bridgehead atoms. The molecule has 2 fully saturated rings. The smallest absolute Gasteiger partial charge is 0.237 e. The fourth-order valence-corrected chi connectivity index (χ4v) is 5.31. The van der Waals surface area contributed by atoms with Gasteiger partial charge in [-0.2, -0.15) is 0 Å². The quantitative estimate of drug-likeness (QED) is 0.734. The summed E-state index contributed by atoms with van der Waals surface area (Å²) >= 11 is 0. The Morgan fingerprint density at radius 2 is 2.08 bits per heavy atom. The molecule has 24 heavy (non-hydrogen) atoms. The summed E-state index contributed by atoms with van der Waals surface area (Å²) in [7, 11) is -2.98. The van der Waals surface area contributed by atoms with E-state index in [1.165, 1.54) is 0 Å². The molecule has 2 atom stereocenters. The summed E-state index contributed by atoms with van der Waals surface area (Å²) in [5.74, 6) is 0.706. The maximum absolute atomic E-state index is 12.8. The highest BCUT2D eigenvalue weighted by molar-refractivity contribution is 7.91. The first-order valence-electron chi connectivity index (χ1n) is 8.56. The highest BCUT2D eigenvalue weighted by Crippen LogP contribution is 2.28. The zero-order chi connectivity index (χ0) is 17.3. The zero-order valence-corrected chi connectivity index (χ0v) is 16.7. The minimum Gasteiger partial charge on any atom is -0.337 e. The number of nitrogens with two attached hydrogens (primary N) is 1. The Morgan fingerprint density at radius 3 is 2.54 bits per heavy atom. The van der Waals surface area contributed by atoms with Gasteiger partial charge >= 0.3 is 0 Å². The van der Waals surface area contributed by atoms with E-state index in [1.807, 2.05) is 4.90 Å². The molecule has 2 saturated heterocycles. The molecular formula is C16H32ClN3O3S. The third-order valence-electron chi connectivity index (χ3n) is 5.02. The first-order chi connectivity index (χ1) is 10.6. The monoisotopic (exact) mass is 381 g/mol. The predicted octanol–water partition coefficient (Wildman–Crippen LogP) is 0.751. The zero-order valence-electron chi connectivity index (χ0n) is 15.0. The Balaban J connectivity index is 0.00000288. The second-order valence-electron chi connectivity index (χ2n) is 7.97. The van der Waals surface area contributed by atoms with Gasteiger partial charge in [0.2, 0.25) is 5.91 Å². The molecule has 0 spiro atoms. The van der Waals surface area contributed by atoms with Gasteiger partial charge in [-0.3, -0.25) is 9.69 Å². The molecule has 2 aliphatic rings. The van der Waals surface area contributed by atoms with Crippen molar-refractivity contribution in [1.82, 2.24) is 9.80 Å². The van der Waals surface area contributed by atoms with E-state index in [0.717, 1.165) is 19.5 Å². The van der Waals surface area contributed by atoms with Crippen molar-refractivity contribution in [2.45, 2.75) is 39.7 Å². The summed E-state index contributed by atoms with van der Waals surface area (Å²) in [5, 5.41) is 0. The fraction of sp³-hybridized carbons (Fsp3) is 0.938. The highest BCUT2D eigenvalue weighted by Gasteiger charge is 2.37. The van der Waals surface area contributed by atoms with Crippen LogP contribution in [0.5, 0.6) is 0 Å². The van der Waals surface area contributed by atoms with E-state index in [9.17, 15) is 13.2 Å². The Labute approximate surface area is 152 Å². The number of carbonyl (C=O) groups is 1. The number of nitrogens with zero attached hydrogens (tertiary/aromatic N) is 2. The topological polar surface area (TPSA) is 83.7 Å². The molecule has 1 amide bonds. The number of hydrogen-bond acceptors (Lipinski definition) is 5. The number of hydrogen-bond donors (Lipinski definition) is 1. The average molecular weight is 382 g/mol. The van der Waals surface area contributed by atoms with Crippen molar-refractivity contribution in [3.8, 4) is 0 Å². The molecule has 0 saturated carbocycles. The standard InChI is InChI=1S/C16H31N3O3S.ClH/c1-13(2)8-19(14-4-7-23(21,22)10-14)15(20)9-18-6-5-16(3,11-17)12-18;/h13-14H,4-12,17H2,1-3H3;1H. The summed E-state index contributed by atoms with van der Waals surface area (Å²) in [6.45, 7) is 9.64. The number of halogens is 1. The molecule has 0 aromatic heterocycles. The molecule has 8 heteroatoms. The molecule has 2 N–H and O–H groups in total. The Hall–Kier alpha value is -0.370. The molecule has 0 aliphatic carbocycles. The van der Waals surface area contributed by atoms with Gasteiger partial charge < -0.3 is 10.6 Å². The average Bonchev–Trinajstić information content (AvgIpc) is 2.99. The normalized spacial score (nSPS) is 29.6. The van der Waals surface area contributed by atoms with Crippen LogP contribution in [0, 0.1) is 11.3 Å². The molecule has 0 aromatic rings. The minimum atomic E-state index is -2.98. The molecule has 2 unspecified atom stereocenters. The van der Waals surface area contributed by atoms with Crippen molar-refractivity contribution in [1.29, 1.82) is 0 Å². The minimum absolute atomic E-state index is 0. The second kappa shape index (κ2) is 8.34. The first-order valence-corrected chi connectivity index (χ1v) is 10.4. The van der Waals surface area contributed by atoms with Gasteiger partial charge in [0, 0.05) is 19.1 Å². The van der Waals surface area contributed by atoms with Crippen LogP contribution in [0.25, 0.3) is 0 Å². The first kappa shape index (κ1) is 21.7. The van der Waals surface area contributed by atoms with E-state index in [2.05, 4.69) is 25.7 Å². The van der Waals surface area contributed by atoms with Gasteiger partial charge in [0.15, 0.2) is 9.84 Å². The van der Waals surface area contributed by atoms with Crippen LogP contribution in [0.2, 0.25) is 0 Å². The van der Waals surface area contributed by atoms with Crippen LogP contribution in [0.3, 0.4) is 0 Å². The van der Waals surface area contributed by atoms with Gasteiger partial charge in [0.1, 0.15) is 0 Å². The molecule has 0 aromatic carbocycles. The Morgan fingerprint density at radius 1 is 1.42 bits per heavy atom. The molecule has 142 valence electrons.